The van der Waals surface area contributed by atoms with Crippen LogP contribution in [0.4, 0.5) is 0 Å². The molecule has 6 heteroatoms. The number of likely N-dealkylation sites (tertiary alicyclic amines) is 1. The average molecular weight is 333 g/mol. The zero-order valence-corrected chi connectivity index (χ0v) is 14.0. The number of aryl methyl sites for hydroxylation is 2. The van der Waals surface area contributed by atoms with E-state index in [1.165, 1.54) is 0 Å². The van der Waals surface area contributed by atoms with Crippen molar-refractivity contribution in [2.75, 3.05) is 20.1 Å². The Morgan fingerprint density at radius 3 is 2.83 bits per heavy atom. The monoisotopic (exact) mass is 332 g/mol. The van der Waals surface area contributed by atoms with Crippen LogP contribution < -0.4 is 0 Å². The molecular weight excluding hydrogens is 312 g/mol. The normalized spacial score (nSPS) is 25.7. The van der Waals surface area contributed by atoms with Gasteiger partial charge in [0.15, 0.2) is 11.4 Å². The third kappa shape index (κ3) is 2.38. The Hall–Kier alpha value is -1.43. The van der Waals surface area contributed by atoms with E-state index in [0.29, 0.717) is 10.8 Å². The van der Waals surface area contributed by atoms with Crippen LogP contribution in [0.25, 0.3) is 0 Å². The van der Waals surface area contributed by atoms with E-state index in [1.807, 2.05) is 22.9 Å². The van der Waals surface area contributed by atoms with Gasteiger partial charge in [-0.1, -0.05) is 17.7 Å². The minimum absolute atomic E-state index is 0.122. The van der Waals surface area contributed by atoms with Crippen LogP contribution in [-0.4, -0.2) is 44.9 Å². The standard InChI is InChI=1S/C17H21ClN4O/c1-21-7-5-13(6-8-21)17(23)15-10-14(18)3-2-12(15)4-9-22-16(17)19-11-20-22/h2-3,10-11,13,23H,4-9H2,1H3. The molecule has 2 aliphatic heterocycles. The van der Waals surface area contributed by atoms with Crippen LogP contribution in [0.15, 0.2) is 24.5 Å². The van der Waals surface area contributed by atoms with Gasteiger partial charge in [-0.05, 0) is 62.7 Å². The molecule has 1 saturated heterocycles. The molecule has 1 unspecified atom stereocenters. The molecule has 1 fully saturated rings. The fraction of sp³-hybridized carbons (Fsp3) is 0.529. The topological polar surface area (TPSA) is 54.2 Å². The van der Waals surface area contributed by atoms with E-state index in [-0.39, 0.29) is 5.92 Å². The van der Waals surface area contributed by atoms with Crippen LogP contribution >= 0.6 is 11.6 Å². The number of hydrogen-bond donors (Lipinski definition) is 1. The minimum atomic E-state index is -1.12. The van der Waals surface area contributed by atoms with Gasteiger partial charge in [0.2, 0.25) is 0 Å². The van der Waals surface area contributed by atoms with E-state index >= 15 is 0 Å². The molecule has 3 heterocycles. The number of aliphatic hydroxyl groups is 1. The van der Waals surface area contributed by atoms with Gasteiger partial charge in [-0.15, -0.1) is 0 Å². The first-order valence-electron chi connectivity index (χ1n) is 8.17. The summed E-state index contributed by atoms with van der Waals surface area (Å²) in [6.07, 6.45) is 4.25. The summed E-state index contributed by atoms with van der Waals surface area (Å²) in [6.45, 7) is 2.70. The maximum atomic E-state index is 11.9. The number of hydrogen-bond acceptors (Lipinski definition) is 4. The maximum Gasteiger partial charge on any atom is 0.163 e. The number of rotatable bonds is 1. The largest absolute Gasteiger partial charge is 0.377 e. The van der Waals surface area contributed by atoms with Gasteiger partial charge in [-0.25, -0.2) is 9.67 Å². The molecule has 0 amide bonds. The van der Waals surface area contributed by atoms with Crippen molar-refractivity contribution in [1.82, 2.24) is 19.7 Å². The molecule has 0 saturated carbocycles. The van der Waals surface area contributed by atoms with Crippen LogP contribution in [0.5, 0.6) is 0 Å². The molecule has 1 atom stereocenters. The van der Waals surface area contributed by atoms with E-state index in [4.69, 9.17) is 11.6 Å². The Morgan fingerprint density at radius 1 is 1.26 bits per heavy atom. The summed E-state index contributed by atoms with van der Waals surface area (Å²) in [5.74, 6) is 0.782. The van der Waals surface area contributed by atoms with Crippen molar-refractivity contribution in [1.29, 1.82) is 0 Å². The number of aromatic nitrogens is 3. The van der Waals surface area contributed by atoms with Crippen LogP contribution in [0.2, 0.25) is 5.02 Å². The van der Waals surface area contributed by atoms with Gasteiger partial charge in [-0.3, -0.25) is 0 Å². The highest BCUT2D eigenvalue weighted by molar-refractivity contribution is 6.30. The van der Waals surface area contributed by atoms with Crippen molar-refractivity contribution in [3.05, 3.63) is 46.5 Å². The Kier molecular flexibility index (Phi) is 3.67. The second kappa shape index (κ2) is 5.58. The molecule has 4 rings (SSSR count). The van der Waals surface area contributed by atoms with E-state index < -0.39 is 5.60 Å². The molecule has 2 aromatic rings. The summed E-state index contributed by atoms with van der Waals surface area (Å²) in [5, 5.41) is 16.9. The molecule has 0 radical (unpaired) electrons. The molecule has 0 aliphatic carbocycles. The van der Waals surface area contributed by atoms with Gasteiger partial charge in [-0.2, -0.15) is 5.10 Å². The molecule has 2 aliphatic rings. The van der Waals surface area contributed by atoms with Crippen molar-refractivity contribution in [3.8, 4) is 0 Å². The first-order chi connectivity index (χ1) is 11.1. The number of fused-ring (bicyclic) bond motifs is 2. The van der Waals surface area contributed by atoms with Gasteiger partial charge in [0.05, 0.1) is 0 Å². The maximum absolute atomic E-state index is 11.9. The first kappa shape index (κ1) is 15.1. The van der Waals surface area contributed by atoms with E-state index in [0.717, 1.165) is 50.0 Å². The second-order valence-electron chi connectivity index (χ2n) is 6.70. The van der Waals surface area contributed by atoms with Gasteiger partial charge >= 0.3 is 0 Å². The molecule has 1 aromatic carbocycles. The lowest BCUT2D eigenvalue weighted by atomic mass is 9.74. The Bertz CT molecular complexity index is 723. The second-order valence-corrected chi connectivity index (χ2v) is 7.14. The molecule has 122 valence electrons. The highest BCUT2D eigenvalue weighted by atomic mass is 35.5. The van der Waals surface area contributed by atoms with Crippen LogP contribution in [0.1, 0.15) is 29.8 Å². The molecule has 5 nitrogen and oxygen atoms in total. The van der Waals surface area contributed by atoms with Crippen molar-refractivity contribution < 1.29 is 5.11 Å². The van der Waals surface area contributed by atoms with E-state index in [9.17, 15) is 5.11 Å². The third-order valence-corrected chi connectivity index (χ3v) is 5.58. The van der Waals surface area contributed by atoms with E-state index in [1.54, 1.807) is 6.33 Å². The summed E-state index contributed by atoms with van der Waals surface area (Å²) in [6, 6.07) is 5.85. The summed E-state index contributed by atoms with van der Waals surface area (Å²) >= 11 is 6.26. The smallest absolute Gasteiger partial charge is 0.163 e. The third-order valence-electron chi connectivity index (χ3n) is 5.34. The summed E-state index contributed by atoms with van der Waals surface area (Å²) in [7, 11) is 2.13. The number of nitrogens with zero attached hydrogens (tertiary/aromatic N) is 4. The molecule has 0 bridgehead atoms. The zero-order valence-electron chi connectivity index (χ0n) is 13.2. The summed E-state index contributed by atoms with van der Waals surface area (Å²) in [4.78, 5) is 6.74. The van der Waals surface area contributed by atoms with E-state index in [2.05, 4.69) is 22.0 Å². The first-order valence-corrected chi connectivity index (χ1v) is 8.55. The van der Waals surface area contributed by atoms with Crippen molar-refractivity contribution in [2.45, 2.75) is 31.4 Å². The predicted molar refractivity (Wildman–Crippen MR) is 88.4 cm³/mol. The number of halogens is 1. The Balaban J connectivity index is 1.89. The fourth-order valence-electron chi connectivity index (χ4n) is 4.02. The molecule has 1 aromatic heterocycles. The van der Waals surface area contributed by atoms with Crippen LogP contribution in [0, 0.1) is 5.92 Å². The van der Waals surface area contributed by atoms with Crippen molar-refractivity contribution in [2.24, 2.45) is 5.92 Å². The lowest BCUT2D eigenvalue weighted by Gasteiger charge is -2.40. The Labute approximate surface area is 140 Å². The van der Waals surface area contributed by atoms with Gasteiger partial charge in [0, 0.05) is 17.5 Å². The molecular formula is C17H21ClN4O. The lowest BCUT2D eigenvalue weighted by molar-refractivity contribution is -0.0202. The summed E-state index contributed by atoms with van der Waals surface area (Å²) < 4.78 is 1.85. The SMILES string of the molecule is CN1CCC(C2(O)c3cc(Cl)ccc3CCn3ncnc32)CC1. The number of piperidine rings is 1. The molecule has 0 spiro atoms. The summed E-state index contributed by atoms with van der Waals surface area (Å²) in [5.41, 5.74) is 0.934. The predicted octanol–water partition coefficient (Wildman–Crippen LogP) is 2.07. The van der Waals surface area contributed by atoms with Gasteiger partial charge in [0.25, 0.3) is 0 Å². The Morgan fingerprint density at radius 2 is 2.04 bits per heavy atom. The quantitative estimate of drug-likeness (QED) is 0.868. The number of benzene rings is 1. The minimum Gasteiger partial charge on any atom is -0.377 e. The fourth-order valence-corrected chi connectivity index (χ4v) is 4.19. The van der Waals surface area contributed by atoms with Gasteiger partial charge in [0.1, 0.15) is 6.33 Å². The van der Waals surface area contributed by atoms with Crippen LogP contribution in [0.3, 0.4) is 0 Å². The van der Waals surface area contributed by atoms with Crippen molar-refractivity contribution in [3.63, 3.8) is 0 Å². The highest BCUT2D eigenvalue weighted by Gasteiger charge is 2.47. The zero-order chi connectivity index (χ0) is 16.0. The molecule has 23 heavy (non-hydrogen) atoms. The van der Waals surface area contributed by atoms with Crippen molar-refractivity contribution >= 4 is 11.6 Å². The molecule has 1 N–H and O–H groups in total. The van der Waals surface area contributed by atoms with Gasteiger partial charge < -0.3 is 10.0 Å². The average Bonchev–Trinajstić information content (AvgIpc) is 2.99. The highest BCUT2D eigenvalue weighted by Crippen LogP contribution is 2.44. The lowest BCUT2D eigenvalue weighted by Crippen LogP contribution is -2.44. The van der Waals surface area contributed by atoms with Crippen LogP contribution in [-0.2, 0) is 18.6 Å².